The van der Waals surface area contributed by atoms with Gasteiger partial charge in [-0.1, -0.05) is 0 Å². The topological polar surface area (TPSA) is 89.9 Å². The lowest BCUT2D eigenvalue weighted by Crippen LogP contribution is -2.48. The largest absolute Gasteiger partial charge is 0.468 e. The number of hydrogen-bond donors (Lipinski definition) is 1. The lowest BCUT2D eigenvalue weighted by atomic mass is 9.72. The van der Waals surface area contributed by atoms with Gasteiger partial charge >= 0.3 is 11.9 Å². The van der Waals surface area contributed by atoms with Crippen LogP contribution in [-0.2, 0) is 23.9 Å². The van der Waals surface area contributed by atoms with E-state index in [-0.39, 0.29) is 25.0 Å². The quantitative estimate of drug-likeness (QED) is 0.505. The van der Waals surface area contributed by atoms with Crippen LogP contribution in [0.5, 0.6) is 0 Å². The van der Waals surface area contributed by atoms with E-state index >= 15 is 0 Å². The molecule has 0 aliphatic heterocycles. The number of rotatable bonds is 2. The van der Waals surface area contributed by atoms with Gasteiger partial charge in [0.15, 0.2) is 11.2 Å². The van der Waals surface area contributed by atoms with E-state index in [0.717, 1.165) is 14.2 Å². The molecule has 0 radical (unpaired) electrons. The Hall–Kier alpha value is -1.43. The van der Waals surface area contributed by atoms with Crippen LogP contribution in [0.2, 0.25) is 0 Å². The molecule has 0 amide bonds. The van der Waals surface area contributed by atoms with Crippen LogP contribution in [0.1, 0.15) is 19.3 Å². The molecule has 1 rings (SSSR count). The van der Waals surface area contributed by atoms with Gasteiger partial charge in [0.25, 0.3) is 0 Å². The lowest BCUT2D eigenvalue weighted by Gasteiger charge is -2.33. The third kappa shape index (κ3) is 1.92. The number of ketones is 1. The average Bonchev–Trinajstić information content (AvgIpc) is 2.30. The van der Waals surface area contributed by atoms with Crippen LogP contribution in [0, 0.1) is 5.41 Å². The van der Waals surface area contributed by atoms with E-state index in [1.165, 1.54) is 0 Å². The molecule has 0 heterocycles. The summed E-state index contributed by atoms with van der Waals surface area (Å²) in [5.74, 6) is -1.92. The molecule has 1 unspecified atom stereocenters. The summed E-state index contributed by atoms with van der Waals surface area (Å²) in [5.41, 5.74) is -1.54. The van der Waals surface area contributed by atoms with Crippen molar-refractivity contribution < 1.29 is 29.0 Å². The van der Waals surface area contributed by atoms with E-state index < -0.39 is 23.5 Å². The van der Waals surface area contributed by atoms with Crippen molar-refractivity contribution in [3.05, 3.63) is 0 Å². The third-order valence-electron chi connectivity index (χ3n) is 2.86. The normalized spacial score (nSPS) is 23.7. The zero-order valence-corrected chi connectivity index (χ0v) is 9.19. The van der Waals surface area contributed by atoms with Gasteiger partial charge in [-0.05, 0) is 6.42 Å². The highest BCUT2D eigenvalue weighted by molar-refractivity contribution is 6.02. The van der Waals surface area contributed by atoms with E-state index in [9.17, 15) is 19.5 Å². The molecule has 6 nitrogen and oxygen atoms in total. The molecular weight excluding hydrogens is 216 g/mol. The monoisotopic (exact) mass is 230 g/mol. The first kappa shape index (κ1) is 12.6. The van der Waals surface area contributed by atoms with E-state index in [1.807, 2.05) is 0 Å². The molecule has 16 heavy (non-hydrogen) atoms. The fraction of sp³-hybridized carbons (Fsp3) is 0.700. The molecule has 1 N–H and O–H groups in total. The summed E-state index contributed by atoms with van der Waals surface area (Å²) < 4.78 is 9.07. The van der Waals surface area contributed by atoms with E-state index in [0.29, 0.717) is 0 Å². The first-order valence-corrected chi connectivity index (χ1v) is 4.85. The van der Waals surface area contributed by atoms with Gasteiger partial charge in [-0.25, -0.2) is 0 Å². The van der Waals surface area contributed by atoms with Crippen LogP contribution < -0.4 is 0 Å². The van der Waals surface area contributed by atoms with Crippen LogP contribution in [0.15, 0.2) is 0 Å². The van der Waals surface area contributed by atoms with E-state index in [1.54, 1.807) is 0 Å². The molecule has 1 saturated carbocycles. The minimum atomic E-state index is -1.54. The van der Waals surface area contributed by atoms with Crippen molar-refractivity contribution >= 4 is 17.7 Å². The second-order valence-electron chi connectivity index (χ2n) is 3.75. The number of carbonyl (C=O) groups excluding carboxylic acids is 3. The zero-order chi connectivity index (χ0) is 12.3. The van der Waals surface area contributed by atoms with Crippen LogP contribution in [-0.4, -0.2) is 43.2 Å². The number of carbonyl (C=O) groups is 3. The third-order valence-corrected chi connectivity index (χ3v) is 2.86. The number of ether oxygens (including phenoxy) is 2. The predicted molar refractivity (Wildman–Crippen MR) is 51.3 cm³/mol. The van der Waals surface area contributed by atoms with Crippen molar-refractivity contribution in [1.82, 2.24) is 0 Å². The first-order chi connectivity index (χ1) is 7.47. The van der Waals surface area contributed by atoms with Gasteiger partial charge in [-0.2, -0.15) is 0 Å². The van der Waals surface area contributed by atoms with Crippen molar-refractivity contribution in [3.63, 3.8) is 0 Å². The molecular formula is C10H14O6. The number of aliphatic hydroxyl groups excluding tert-OH is 1. The van der Waals surface area contributed by atoms with Gasteiger partial charge in [0.2, 0.25) is 0 Å². The van der Waals surface area contributed by atoms with E-state index in [2.05, 4.69) is 9.47 Å². The van der Waals surface area contributed by atoms with Crippen LogP contribution in [0.4, 0.5) is 0 Å². The Kier molecular flexibility index (Phi) is 3.64. The van der Waals surface area contributed by atoms with Crippen LogP contribution in [0.25, 0.3) is 0 Å². The Morgan fingerprint density at radius 2 is 1.81 bits per heavy atom. The Morgan fingerprint density at radius 1 is 1.31 bits per heavy atom. The standard InChI is InChI=1S/C10H14O6/c1-15-8(13)10(9(14)16-2)4-3-6(11)7(12)5-10/h7,12H,3-5H2,1-2H3. The molecule has 90 valence electrons. The molecule has 0 saturated heterocycles. The molecule has 0 aromatic carbocycles. The highest BCUT2D eigenvalue weighted by atomic mass is 16.5. The molecule has 0 bridgehead atoms. The van der Waals surface area contributed by atoms with Crippen LogP contribution >= 0.6 is 0 Å². The molecule has 0 spiro atoms. The first-order valence-electron chi connectivity index (χ1n) is 4.85. The number of esters is 2. The number of methoxy groups -OCH3 is 2. The summed E-state index contributed by atoms with van der Waals surface area (Å²) >= 11 is 0. The zero-order valence-electron chi connectivity index (χ0n) is 9.19. The number of Topliss-reactive ketones (excluding diaryl/α,β-unsaturated/α-hetero) is 1. The van der Waals surface area contributed by atoms with Gasteiger partial charge < -0.3 is 14.6 Å². The van der Waals surface area contributed by atoms with Crippen molar-refractivity contribution in [3.8, 4) is 0 Å². The summed E-state index contributed by atoms with van der Waals surface area (Å²) in [7, 11) is 2.30. The minimum absolute atomic E-state index is 0.0161. The molecule has 1 aliphatic carbocycles. The molecule has 6 heteroatoms. The van der Waals surface area contributed by atoms with E-state index in [4.69, 9.17) is 0 Å². The number of hydrogen-bond acceptors (Lipinski definition) is 6. The maximum atomic E-state index is 11.6. The molecule has 1 atom stereocenters. The molecule has 0 aromatic heterocycles. The Balaban J connectivity index is 3.02. The minimum Gasteiger partial charge on any atom is -0.468 e. The van der Waals surface area contributed by atoms with Gasteiger partial charge in [0, 0.05) is 12.8 Å². The second-order valence-corrected chi connectivity index (χ2v) is 3.75. The predicted octanol–water partition coefficient (Wildman–Crippen LogP) is -0.567. The van der Waals surface area contributed by atoms with Crippen molar-refractivity contribution in [2.75, 3.05) is 14.2 Å². The van der Waals surface area contributed by atoms with Crippen LogP contribution in [0.3, 0.4) is 0 Å². The highest BCUT2D eigenvalue weighted by Crippen LogP contribution is 2.37. The lowest BCUT2D eigenvalue weighted by molar-refractivity contribution is -0.175. The van der Waals surface area contributed by atoms with Gasteiger partial charge in [0.1, 0.15) is 6.10 Å². The molecule has 0 aromatic rings. The van der Waals surface area contributed by atoms with Crippen molar-refractivity contribution in [2.45, 2.75) is 25.4 Å². The van der Waals surface area contributed by atoms with Crippen molar-refractivity contribution in [1.29, 1.82) is 0 Å². The van der Waals surface area contributed by atoms with Gasteiger partial charge in [-0.15, -0.1) is 0 Å². The number of aliphatic hydroxyl groups is 1. The summed E-state index contributed by atoms with van der Waals surface area (Å²) in [6, 6.07) is 0. The highest BCUT2D eigenvalue weighted by Gasteiger charge is 2.53. The summed E-state index contributed by atoms with van der Waals surface area (Å²) in [4.78, 5) is 34.3. The second kappa shape index (κ2) is 4.61. The Bertz CT molecular complexity index is 305. The fourth-order valence-electron chi connectivity index (χ4n) is 1.89. The summed E-state index contributed by atoms with van der Waals surface area (Å²) in [5, 5.41) is 9.44. The Morgan fingerprint density at radius 3 is 2.19 bits per heavy atom. The summed E-state index contributed by atoms with van der Waals surface area (Å²) in [6.07, 6.45) is -1.61. The van der Waals surface area contributed by atoms with Gasteiger partial charge in [-0.3, -0.25) is 14.4 Å². The Labute approximate surface area is 92.5 Å². The van der Waals surface area contributed by atoms with Crippen molar-refractivity contribution in [2.24, 2.45) is 5.41 Å². The SMILES string of the molecule is COC(=O)C1(C(=O)OC)CCC(=O)C(O)C1. The maximum absolute atomic E-state index is 11.6. The summed E-state index contributed by atoms with van der Waals surface area (Å²) in [6.45, 7) is 0. The fourth-order valence-corrected chi connectivity index (χ4v) is 1.89. The maximum Gasteiger partial charge on any atom is 0.323 e. The van der Waals surface area contributed by atoms with Gasteiger partial charge in [0.05, 0.1) is 14.2 Å². The average molecular weight is 230 g/mol. The smallest absolute Gasteiger partial charge is 0.323 e. The molecule has 1 aliphatic rings. The molecule has 1 fully saturated rings.